The van der Waals surface area contributed by atoms with Gasteiger partial charge in [0.2, 0.25) is 0 Å². The van der Waals surface area contributed by atoms with E-state index in [9.17, 15) is 19.2 Å². The first-order valence-corrected chi connectivity index (χ1v) is 11.5. The number of fused-ring (bicyclic) bond motifs is 1. The van der Waals surface area contributed by atoms with E-state index in [2.05, 4.69) is 28.1 Å². The summed E-state index contributed by atoms with van der Waals surface area (Å²) >= 11 is 0. The Morgan fingerprint density at radius 3 is 2.22 bits per heavy atom. The van der Waals surface area contributed by atoms with E-state index in [0.717, 1.165) is 29.8 Å². The number of piperazine rings is 1. The van der Waals surface area contributed by atoms with E-state index in [1.54, 1.807) is 24.3 Å². The maximum atomic E-state index is 13.1. The van der Waals surface area contributed by atoms with E-state index in [1.165, 1.54) is 12.0 Å². The number of hydrogen-bond donors (Lipinski definition) is 1. The van der Waals surface area contributed by atoms with E-state index in [0.29, 0.717) is 24.2 Å². The van der Waals surface area contributed by atoms with E-state index >= 15 is 0 Å². The second kappa shape index (κ2) is 10.2. The maximum absolute atomic E-state index is 13.1. The van der Waals surface area contributed by atoms with Crippen molar-refractivity contribution in [2.24, 2.45) is 0 Å². The molecule has 0 radical (unpaired) electrons. The van der Waals surface area contributed by atoms with Crippen LogP contribution in [0.4, 0.5) is 0 Å². The lowest BCUT2D eigenvalue weighted by Gasteiger charge is -2.32. The Labute approximate surface area is 209 Å². The molecule has 1 saturated heterocycles. The number of methoxy groups -OCH3 is 1. The fraction of sp³-hybridized carbons (Fsp3) is 0.259. The molecule has 2 aromatic carbocycles. The molecule has 1 N–H and O–H groups in total. The normalized spacial score (nSPS) is 15.3. The van der Waals surface area contributed by atoms with Crippen LogP contribution in [0.2, 0.25) is 0 Å². The number of amides is 3. The second-order valence-electron chi connectivity index (χ2n) is 8.77. The van der Waals surface area contributed by atoms with Crippen molar-refractivity contribution in [3.8, 4) is 11.1 Å². The van der Waals surface area contributed by atoms with Crippen LogP contribution in [-0.4, -0.2) is 78.7 Å². The number of nitrogens with one attached hydrogen (secondary N) is 1. The van der Waals surface area contributed by atoms with Crippen molar-refractivity contribution < 1.29 is 23.9 Å². The predicted molar refractivity (Wildman–Crippen MR) is 134 cm³/mol. The van der Waals surface area contributed by atoms with Gasteiger partial charge in [-0.05, 0) is 41.9 Å². The second-order valence-corrected chi connectivity index (χ2v) is 8.77. The van der Waals surface area contributed by atoms with Crippen molar-refractivity contribution in [3.63, 3.8) is 0 Å². The van der Waals surface area contributed by atoms with E-state index in [-0.39, 0.29) is 29.8 Å². The first-order chi connectivity index (χ1) is 17.2. The number of esters is 1. The molecule has 2 aliphatic heterocycles. The van der Waals surface area contributed by atoms with Gasteiger partial charge in [0.15, 0.2) is 0 Å². The van der Waals surface area contributed by atoms with Gasteiger partial charge in [-0.25, -0.2) is 4.79 Å². The number of rotatable bonds is 6. The average Bonchev–Trinajstić information content (AvgIpc) is 3.24. The fourth-order valence-corrected chi connectivity index (χ4v) is 4.31. The summed E-state index contributed by atoms with van der Waals surface area (Å²) < 4.78 is 4.53. The molecule has 4 rings (SSSR count). The molecule has 9 nitrogen and oxygen atoms in total. The Balaban J connectivity index is 1.51. The van der Waals surface area contributed by atoms with E-state index in [4.69, 9.17) is 0 Å². The Bertz CT molecular complexity index is 1260. The lowest BCUT2D eigenvalue weighted by atomic mass is 9.96. The molecule has 2 aromatic rings. The molecule has 36 heavy (non-hydrogen) atoms. The zero-order valence-electron chi connectivity index (χ0n) is 20.4. The zero-order valence-corrected chi connectivity index (χ0v) is 20.4. The number of carbonyl (C=O) groups excluding carboxylic acids is 4. The Morgan fingerprint density at radius 1 is 0.944 bits per heavy atom. The van der Waals surface area contributed by atoms with Gasteiger partial charge >= 0.3 is 5.97 Å². The molecule has 0 aliphatic carbocycles. The topological polar surface area (TPSA) is 99.3 Å². The molecule has 2 heterocycles. The van der Waals surface area contributed by atoms with Crippen LogP contribution >= 0.6 is 0 Å². The van der Waals surface area contributed by atoms with Gasteiger partial charge in [-0.2, -0.15) is 0 Å². The summed E-state index contributed by atoms with van der Waals surface area (Å²) in [7, 11) is 3.22. The van der Waals surface area contributed by atoms with Crippen LogP contribution in [-0.2, 0) is 20.9 Å². The Kier molecular flexibility index (Phi) is 7.03. The number of hydrogen-bond acceptors (Lipinski definition) is 6. The van der Waals surface area contributed by atoms with Crippen molar-refractivity contribution in [3.05, 3.63) is 83.7 Å². The van der Waals surface area contributed by atoms with Gasteiger partial charge in [-0.1, -0.05) is 37.4 Å². The van der Waals surface area contributed by atoms with Crippen LogP contribution in [0.15, 0.2) is 67.0 Å². The number of ether oxygens (including phenoxy) is 1. The smallest absolute Gasteiger partial charge is 0.353 e. The molecule has 9 heteroatoms. The van der Waals surface area contributed by atoms with Crippen molar-refractivity contribution in [2.75, 3.05) is 40.3 Å². The minimum Gasteiger partial charge on any atom is -0.464 e. The molecule has 0 unspecified atom stereocenters. The van der Waals surface area contributed by atoms with Crippen molar-refractivity contribution in [1.82, 2.24) is 20.0 Å². The Hall–Kier alpha value is -4.24. The third kappa shape index (κ3) is 4.78. The molecule has 186 valence electrons. The first kappa shape index (κ1) is 24.9. The number of nitrogens with zero attached hydrogens (tertiary/aromatic N) is 3. The number of likely N-dealkylation sites (N-methyl/N-ethyl adjacent to an activating group) is 1. The molecule has 0 saturated carbocycles. The molecule has 1 fully saturated rings. The molecule has 0 atom stereocenters. The van der Waals surface area contributed by atoms with Gasteiger partial charge in [0.1, 0.15) is 11.4 Å². The molecular formula is C27H28N4O5. The average molecular weight is 489 g/mol. The third-order valence-electron chi connectivity index (χ3n) is 6.49. The lowest BCUT2D eigenvalue weighted by molar-refractivity contribution is -0.137. The summed E-state index contributed by atoms with van der Waals surface area (Å²) in [6, 6.07) is 12.7. The summed E-state index contributed by atoms with van der Waals surface area (Å²) in [5.74, 6) is -1.87. The highest BCUT2D eigenvalue weighted by molar-refractivity contribution is 6.08. The van der Waals surface area contributed by atoms with Crippen LogP contribution in [0.5, 0.6) is 0 Å². The number of carbonyl (C=O) groups is 4. The standard InChI is InChI=1S/C27H28N4O5/c1-17(27(35)36-4)28-24(32)18(2)31-16-23-21(6-5-7-22(23)26(31)34)19-8-10-20(11-9-19)25(33)30-14-12-29(3)13-15-30/h5-11H,1-2,12-16H2,3-4H3,(H,28,32). The predicted octanol–water partition coefficient (Wildman–Crippen LogP) is 2.01. The third-order valence-corrected chi connectivity index (χ3v) is 6.49. The molecule has 3 amide bonds. The van der Waals surface area contributed by atoms with Crippen LogP contribution in [0.3, 0.4) is 0 Å². The minimum absolute atomic E-state index is 0.00477. The van der Waals surface area contributed by atoms with E-state index in [1.807, 2.05) is 30.1 Å². The highest BCUT2D eigenvalue weighted by Crippen LogP contribution is 2.34. The first-order valence-electron chi connectivity index (χ1n) is 11.5. The summed E-state index contributed by atoms with van der Waals surface area (Å²) in [5, 5.41) is 2.31. The summed E-state index contributed by atoms with van der Waals surface area (Å²) in [5.41, 5.74) is 3.15. The number of benzene rings is 2. The molecule has 0 spiro atoms. The van der Waals surface area contributed by atoms with Gasteiger partial charge in [0.25, 0.3) is 17.7 Å². The zero-order chi connectivity index (χ0) is 26.0. The van der Waals surface area contributed by atoms with Crippen molar-refractivity contribution in [1.29, 1.82) is 0 Å². The Morgan fingerprint density at radius 2 is 1.58 bits per heavy atom. The monoisotopic (exact) mass is 488 g/mol. The van der Waals surface area contributed by atoms with Gasteiger partial charge < -0.3 is 19.9 Å². The van der Waals surface area contributed by atoms with Crippen LogP contribution < -0.4 is 5.32 Å². The van der Waals surface area contributed by atoms with Gasteiger partial charge in [-0.3, -0.25) is 19.3 Å². The van der Waals surface area contributed by atoms with Gasteiger partial charge in [0.05, 0.1) is 13.7 Å². The maximum Gasteiger partial charge on any atom is 0.353 e. The highest BCUT2D eigenvalue weighted by Gasteiger charge is 2.33. The van der Waals surface area contributed by atoms with Gasteiger partial charge in [0, 0.05) is 37.3 Å². The lowest BCUT2D eigenvalue weighted by Crippen LogP contribution is -2.47. The molecular weight excluding hydrogens is 460 g/mol. The van der Waals surface area contributed by atoms with Crippen molar-refractivity contribution in [2.45, 2.75) is 6.54 Å². The quantitative estimate of drug-likeness (QED) is 0.493. The van der Waals surface area contributed by atoms with Gasteiger partial charge in [-0.15, -0.1) is 0 Å². The van der Waals surface area contributed by atoms with E-state index < -0.39 is 11.9 Å². The van der Waals surface area contributed by atoms with Crippen LogP contribution in [0.25, 0.3) is 11.1 Å². The minimum atomic E-state index is -0.788. The van der Waals surface area contributed by atoms with Crippen molar-refractivity contribution >= 4 is 23.7 Å². The highest BCUT2D eigenvalue weighted by atomic mass is 16.5. The molecule has 0 aromatic heterocycles. The van der Waals surface area contributed by atoms with Crippen LogP contribution in [0.1, 0.15) is 26.3 Å². The summed E-state index contributed by atoms with van der Waals surface area (Å²) in [4.78, 5) is 55.3. The SMILES string of the molecule is C=C(NC(=O)C(=C)N1Cc2c(cccc2-c2ccc(C(=O)N3CCN(C)CC3)cc2)C1=O)C(=O)OC. The van der Waals surface area contributed by atoms with Crippen LogP contribution in [0, 0.1) is 0 Å². The summed E-state index contributed by atoms with van der Waals surface area (Å²) in [6.07, 6.45) is 0. The molecule has 0 bridgehead atoms. The fourth-order valence-electron chi connectivity index (χ4n) is 4.31. The molecule has 2 aliphatic rings. The largest absolute Gasteiger partial charge is 0.464 e. The summed E-state index contributed by atoms with van der Waals surface area (Å²) in [6.45, 7) is 10.5.